The van der Waals surface area contributed by atoms with Crippen LogP contribution >= 0.6 is 0 Å². The summed E-state index contributed by atoms with van der Waals surface area (Å²) in [6, 6.07) is -0.540. The first-order valence-corrected chi connectivity index (χ1v) is 39.3. The summed E-state index contributed by atoms with van der Waals surface area (Å²) < 4.78 is 5.52. The van der Waals surface area contributed by atoms with Gasteiger partial charge in [0.25, 0.3) is 0 Å². The molecule has 2 atom stereocenters. The second-order valence-electron chi connectivity index (χ2n) is 27.4. The van der Waals surface area contributed by atoms with Gasteiger partial charge in [-0.05, 0) is 25.7 Å². The smallest absolute Gasteiger partial charge is 0.305 e. The van der Waals surface area contributed by atoms with E-state index in [1.165, 1.54) is 392 Å². The van der Waals surface area contributed by atoms with Crippen molar-refractivity contribution in [1.29, 1.82) is 0 Å². The number of esters is 1. The molecule has 1 amide bonds. The maximum absolute atomic E-state index is 12.6. The molecule has 0 aromatic heterocycles. The first-order chi connectivity index (χ1) is 41.5. The predicted molar refractivity (Wildman–Crippen MR) is 371 cm³/mol. The number of carbonyl (C=O) groups excluding carboxylic acids is 2. The molecular weight excluding hydrogens is 1030 g/mol. The SMILES string of the molecule is CCCCCCCCCCCCCCCCCCCCCCCCC(O)C(CO)NC(=O)CCCCCCCCCCCCCCCCCCCCCCCCCCCCOC(=O)CCCCCCCCCCCCCCCCCCCCC. The molecule has 0 saturated carbocycles. The van der Waals surface area contributed by atoms with Crippen molar-refractivity contribution in [3.05, 3.63) is 0 Å². The van der Waals surface area contributed by atoms with Gasteiger partial charge >= 0.3 is 5.97 Å². The first-order valence-electron chi connectivity index (χ1n) is 39.3. The maximum Gasteiger partial charge on any atom is 0.305 e. The summed E-state index contributed by atoms with van der Waals surface area (Å²) >= 11 is 0. The fraction of sp³-hybridized carbons (Fsp3) is 0.974. The van der Waals surface area contributed by atoms with Gasteiger partial charge in [0.05, 0.1) is 25.4 Å². The van der Waals surface area contributed by atoms with Gasteiger partial charge in [0.1, 0.15) is 0 Å². The molecule has 0 heterocycles. The van der Waals surface area contributed by atoms with Crippen LogP contribution in [0, 0.1) is 0 Å². The van der Waals surface area contributed by atoms with Crippen molar-refractivity contribution in [2.75, 3.05) is 13.2 Å². The van der Waals surface area contributed by atoms with E-state index in [9.17, 15) is 19.8 Å². The van der Waals surface area contributed by atoms with Crippen molar-refractivity contribution in [2.45, 2.75) is 475 Å². The number of rotatable bonds is 75. The van der Waals surface area contributed by atoms with Crippen molar-refractivity contribution < 1.29 is 24.5 Å². The quantitative estimate of drug-likeness (QED) is 0.0417. The Labute approximate surface area is 527 Å². The molecule has 0 spiro atoms. The number of hydrogen-bond acceptors (Lipinski definition) is 5. The Morgan fingerprint density at radius 2 is 0.488 bits per heavy atom. The summed E-state index contributed by atoms with van der Waals surface area (Å²) in [5.74, 6) is -0.00257. The molecule has 0 aliphatic rings. The molecule has 0 aliphatic heterocycles. The predicted octanol–water partition coefficient (Wildman–Crippen LogP) is 25.7. The highest BCUT2D eigenvalue weighted by atomic mass is 16.5. The molecular formula is C78H155NO5. The Bertz CT molecular complexity index is 1230. The van der Waals surface area contributed by atoms with Crippen LogP contribution in [0.3, 0.4) is 0 Å². The zero-order valence-corrected chi connectivity index (χ0v) is 57.7. The minimum atomic E-state index is -0.663. The second-order valence-corrected chi connectivity index (χ2v) is 27.4. The van der Waals surface area contributed by atoms with E-state index in [1.807, 2.05) is 0 Å². The van der Waals surface area contributed by atoms with E-state index < -0.39 is 12.1 Å². The Hall–Kier alpha value is -1.14. The number of amides is 1. The van der Waals surface area contributed by atoms with E-state index in [1.54, 1.807) is 0 Å². The summed E-state index contributed by atoms with van der Waals surface area (Å²) in [6.45, 7) is 5.02. The average molecular weight is 1190 g/mol. The van der Waals surface area contributed by atoms with Crippen molar-refractivity contribution in [2.24, 2.45) is 0 Å². The van der Waals surface area contributed by atoms with Gasteiger partial charge in [0.15, 0.2) is 0 Å². The molecule has 0 bridgehead atoms. The molecule has 0 saturated heterocycles. The van der Waals surface area contributed by atoms with E-state index in [2.05, 4.69) is 19.2 Å². The number of ether oxygens (including phenoxy) is 1. The van der Waals surface area contributed by atoms with Crippen LogP contribution in [0.4, 0.5) is 0 Å². The molecule has 0 radical (unpaired) electrons. The van der Waals surface area contributed by atoms with Gasteiger partial charge in [-0.3, -0.25) is 9.59 Å². The highest BCUT2D eigenvalue weighted by molar-refractivity contribution is 5.76. The number of aliphatic hydroxyl groups is 2. The summed E-state index contributed by atoms with van der Waals surface area (Å²) in [5.41, 5.74) is 0. The van der Waals surface area contributed by atoms with Crippen LogP contribution in [0.15, 0.2) is 0 Å². The number of hydrogen-bond donors (Lipinski definition) is 3. The average Bonchev–Trinajstić information content (AvgIpc) is 3.51. The number of aliphatic hydroxyl groups excluding tert-OH is 2. The summed E-state index contributed by atoms with van der Waals surface area (Å²) in [4.78, 5) is 24.7. The van der Waals surface area contributed by atoms with Crippen LogP contribution in [-0.2, 0) is 14.3 Å². The van der Waals surface area contributed by atoms with E-state index in [-0.39, 0.29) is 18.5 Å². The van der Waals surface area contributed by atoms with Gasteiger partial charge in [-0.25, -0.2) is 0 Å². The Morgan fingerprint density at radius 1 is 0.286 bits per heavy atom. The molecule has 502 valence electrons. The molecule has 3 N–H and O–H groups in total. The van der Waals surface area contributed by atoms with Crippen LogP contribution < -0.4 is 5.32 Å². The normalized spacial score (nSPS) is 12.4. The lowest BCUT2D eigenvalue weighted by Gasteiger charge is -2.22. The minimum absolute atomic E-state index is 0.0239. The third-order valence-corrected chi connectivity index (χ3v) is 18.9. The van der Waals surface area contributed by atoms with Crippen molar-refractivity contribution >= 4 is 11.9 Å². The molecule has 0 aromatic carbocycles. The van der Waals surface area contributed by atoms with E-state index in [4.69, 9.17) is 4.74 Å². The molecule has 6 nitrogen and oxygen atoms in total. The number of unbranched alkanes of at least 4 members (excludes halogenated alkanes) is 64. The standard InChI is InChI=1S/C78H155NO5/c1-3-5-7-9-11-13-15-17-19-21-23-24-31-35-38-42-46-50-54-58-62-66-70-76(81)75(74-80)79-77(82)71-67-63-59-55-51-47-43-39-36-32-29-27-25-26-28-30-33-37-41-45-49-53-57-61-65-69-73-84-78(83)72-68-64-60-56-52-48-44-40-34-22-20-18-16-14-12-10-8-6-4-2/h75-76,80-81H,3-74H2,1-2H3,(H,79,82). The zero-order chi connectivity index (χ0) is 60.6. The summed E-state index contributed by atoms with van der Waals surface area (Å²) in [5, 5.41) is 23.5. The zero-order valence-electron chi connectivity index (χ0n) is 57.7. The maximum atomic E-state index is 12.6. The number of carbonyl (C=O) groups is 2. The van der Waals surface area contributed by atoms with Crippen molar-refractivity contribution in [1.82, 2.24) is 5.32 Å². The van der Waals surface area contributed by atoms with E-state index >= 15 is 0 Å². The van der Waals surface area contributed by atoms with E-state index in [0.717, 1.165) is 38.5 Å². The molecule has 6 heteroatoms. The van der Waals surface area contributed by atoms with Gasteiger partial charge in [0, 0.05) is 12.8 Å². The van der Waals surface area contributed by atoms with Gasteiger partial charge in [-0.15, -0.1) is 0 Å². The lowest BCUT2D eigenvalue weighted by molar-refractivity contribution is -0.143. The highest BCUT2D eigenvalue weighted by Gasteiger charge is 2.20. The molecule has 0 fully saturated rings. The lowest BCUT2D eigenvalue weighted by Crippen LogP contribution is -2.45. The molecule has 84 heavy (non-hydrogen) atoms. The van der Waals surface area contributed by atoms with Crippen molar-refractivity contribution in [3.63, 3.8) is 0 Å². The monoisotopic (exact) mass is 1190 g/mol. The van der Waals surface area contributed by atoms with Crippen LogP contribution in [0.1, 0.15) is 463 Å². The van der Waals surface area contributed by atoms with Crippen LogP contribution in [-0.4, -0.2) is 47.4 Å². The topological polar surface area (TPSA) is 95.9 Å². The third-order valence-electron chi connectivity index (χ3n) is 18.9. The second kappa shape index (κ2) is 74.3. The van der Waals surface area contributed by atoms with Crippen LogP contribution in [0.5, 0.6) is 0 Å². The first kappa shape index (κ1) is 82.9. The van der Waals surface area contributed by atoms with Crippen LogP contribution in [0.25, 0.3) is 0 Å². The molecule has 0 aliphatic carbocycles. The highest BCUT2D eigenvalue weighted by Crippen LogP contribution is 2.21. The molecule has 0 rings (SSSR count). The minimum Gasteiger partial charge on any atom is -0.466 e. The van der Waals surface area contributed by atoms with Crippen LogP contribution in [0.2, 0.25) is 0 Å². The fourth-order valence-electron chi connectivity index (χ4n) is 12.9. The van der Waals surface area contributed by atoms with Gasteiger partial charge in [0.2, 0.25) is 5.91 Å². The molecule has 2 unspecified atom stereocenters. The lowest BCUT2D eigenvalue weighted by atomic mass is 10.0. The fourth-order valence-corrected chi connectivity index (χ4v) is 12.9. The Morgan fingerprint density at radius 3 is 0.726 bits per heavy atom. The summed E-state index contributed by atoms with van der Waals surface area (Å²) in [6.07, 6.45) is 91.8. The number of nitrogens with one attached hydrogen (secondary N) is 1. The van der Waals surface area contributed by atoms with Gasteiger partial charge in [-0.2, -0.15) is 0 Å². The van der Waals surface area contributed by atoms with Gasteiger partial charge < -0.3 is 20.3 Å². The Kier molecular flexibility index (Phi) is 73.3. The van der Waals surface area contributed by atoms with E-state index in [0.29, 0.717) is 25.9 Å². The third kappa shape index (κ3) is 70.0. The molecule has 0 aromatic rings. The van der Waals surface area contributed by atoms with Crippen molar-refractivity contribution in [3.8, 4) is 0 Å². The largest absolute Gasteiger partial charge is 0.466 e. The Balaban J connectivity index is 3.33. The van der Waals surface area contributed by atoms with Gasteiger partial charge in [-0.1, -0.05) is 425 Å². The summed E-state index contributed by atoms with van der Waals surface area (Å²) in [7, 11) is 0.